The van der Waals surface area contributed by atoms with Gasteiger partial charge in [0.2, 0.25) is 5.91 Å². The molecule has 0 aliphatic carbocycles. The minimum atomic E-state index is -0.385. The molecule has 1 rings (SSSR count). The van der Waals surface area contributed by atoms with Crippen LogP contribution in [0.2, 0.25) is 0 Å². The Morgan fingerprint density at radius 3 is 2.86 bits per heavy atom. The summed E-state index contributed by atoms with van der Waals surface area (Å²) < 4.78 is 6.34. The normalized spacial score (nSPS) is 10.8. The lowest BCUT2D eigenvalue weighted by atomic mass is 10.1. The van der Waals surface area contributed by atoms with Gasteiger partial charge in [0, 0.05) is 31.8 Å². The van der Waals surface area contributed by atoms with Crippen LogP contribution in [0.4, 0.5) is 0 Å². The lowest BCUT2D eigenvalue weighted by Gasteiger charge is -2.02. The second kappa shape index (κ2) is 8.94. The molecule has 0 saturated carbocycles. The first kappa shape index (κ1) is 16.9. The summed E-state index contributed by atoms with van der Waals surface area (Å²) in [5.41, 5.74) is 2.09. The van der Waals surface area contributed by atoms with Gasteiger partial charge in [0.1, 0.15) is 0 Å². The molecule has 6 nitrogen and oxygen atoms in total. The predicted octanol–water partition coefficient (Wildman–Crippen LogP) is 1.38. The lowest BCUT2D eigenvalue weighted by Crippen LogP contribution is -2.24. The third kappa shape index (κ3) is 6.25. The zero-order valence-corrected chi connectivity index (χ0v) is 12.9. The largest absolute Gasteiger partial charge is 0.466 e. The minimum absolute atomic E-state index is 0.00474. The molecular weight excluding hydrogens is 270 g/mol. The monoisotopic (exact) mass is 293 g/mol. The van der Waals surface area contributed by atoms with Crippen LogP contribution in [-0.4, -0.2) is 35.3 Å². The number of esters is 1. The number of aryl methyl sites for hydroxylation is 3. The maximum absolute atomic E-state index is 11.7. The van der Waals surface area contributed by atoms with E-state index in [9.17, 15) is 9.59 Å². The van der Waals surface area contributed by atoms with Crippen LogP contribution in [0.25, 0.3) is 0 Å². The van der Waals surface area contributed by atoms with Gasteiger partial charge in [0.05, 0.1) is 12.8 Å². The predicted molar refractivity (Wildman–Crippen MR) is 79.7 cm³/mol. The van der Waals surface area contributed by atoms with Crippen LogP contribution in [0.3, 0.4) is 0 Å². The van der Waals surface area contributed by atoms with Crippen molar-refractivity contribution in [2.24, 2.45) is 0 Å². The number of nitrogens with one attached hydrogen (secondary N) is 1. The Morgan fingerprint density at radius 2 is 2.24 bits per heavy atom. The average Bonchev–Trinajstić information content (AvgIpc) is 2.84. The maximum Gasteiger partial charge on any atom is 0.330 e. The molecule has 116 valence electrons. The van der Waals surface area contributed by atoms with E-state index >= 15 is 0 Å². The number of methoxy groups -OCH3 is 1. The number of hydrogen-bond acceptors (Lipinski definition) is 4. The zero-order chi connectivity index (χ0) is 15.7. The second-order valence-electron chi connectivity index (χ2n) is 4.66. The van der Waals surface area contributed by atoms with E-state index in [1.165, 1.54) is 13.2 Å². The van der Waals surface area contributed by atoms with Gasteiger partial charge in [-0.05, 0) is 32.3 Å². The third-order valence-corrected chi connectivity index (χ3v) is 3.08. The molecule has 0 fully saturated rings. The van der Waals surface area contributed by atoms with E-state index in [-0.39, 0.29) is 11.9 Å². The number of rotatable bonds is 8. The zero-order valence-electron chi connectivity index (χ0n) is 12.9. The SMILES string of the molecule is CCn1cc(CCC(=O)NCC/C=C/C(=O)OC)c(C)n1. The fourth-order valence-electron chi connectivity index (χ4n) is 1.85. The molecule has 0 aliphatic rings. The van der Waals surface area contributed by atoms with Gasteiger partial charge in [-0.15, -0.1) is 0 Å². The number of carbonyl (C=O) groups excluding carboxylic acids is 2. The summed E-state index contributed by atoms with van der Waals surface area (Å²) in [6.45, 7) is 5.33. The summed E-state index contributed by atoms with van der Waals surface area (Å²) in [6.07, 6.45) is 6.76. The van der Waals surface area contributed by atoms with Gasteiger partial charge >= 0.3 is 5.97 Å². The smallest absolute Gasteiger partial charge is 0.330 e. The topological polar surface area (TPSA) is 73.2 Å². The summed E-state index contributed by atoms with van der Waals surface area (Å²) in [5.74, 6) is -0.380. The van der Waals surface area contributed by atoms with E-state index in [2.05, 4.69) is 15.2 Å². The van der Waals surface area contributed by atoms with Gasteiger partial charge in [-0.25, -0.2) is 4.79 Å². The number of aromatic nitrogens is 2. The number of hydrogen-bond donors (Lipinski definition) is 1. The number of nitrogens with zero attached hydrogens (tertiary/aromatic N) is 2. The van der Waals surface area contributed by atoms with Crippen molar-refractivity contribution in [3.05, 3.63) is 29.6 Å². The Hall–Kier alpha value is -2.11. The van der Waals surface area contributed by atoms with Gasteiger partial charge in [-0.1, -0.05) is 6.08 Å². The molecule has 0 atom stereocenters. The molecule has 1 amide bonds. The number of amides is 1. The van der Waals surface area contributed by atoms with Crippen molar-refractivity contribution in [1.29, 1.82) is 0 Å². The first-order valence-corrected chi connectivity index (χ1v) is 7.11. The Morgan fingerprint density at radius 1 is 1.48 bits per heavy atom. The minimum Gasteiger partial charge on any atom is -0.466 e. The Labute approximate surface area is 125 Å². The van der Waals surface area contributed by atoms with Crippen LogP contribution < -0.4 is 5.32 Å². The van der Waals surface area contributed by atoms with Crippen LogP contribution in [-0.2, 0) is 27.3 Å². The molecule has 1 heterocycles. The van der Waals surface area contributed by atoms with Crippen molar-refractivity contribution in [2.75, 3.05) is 13.7 Å². The second-order valence-corrected chi connectivity index (χ2v) is 4.66. The van der Waals surface area contributed by atoms with Crippen molar-refractivity contribution < 1.29 is 14.3 Å². The molecule has 21 heavy (non-hydrogen) atoms. The number of ether oxygens (including phenoxy) is 1. The van der Waals surface area contributed by atoms with Crippen LogP contribution in [0.15, 0.2) is 18.3 Å². The first-order chi connectivity index (χ1) is 10.1. The van der Waals surface area contributed by atoms with E-state index in [4.69, 9.17) is 0 Å². The van der Waals surface area contributed by atoms with Gasteiger partial charge < -0.3 is 10.1 Å². The maximum atomic E-state index is 11.7. The summed E-state index contributed by atoms with van der Waals surface area (Å²) >= 11 is 0. The first-order valence-electron chi connectivity index (χ1n) is 7.11. The van der Waals surface area contributed by atoms with Crippen LogP contribution >= 0.6 is 0 Å². The molecule has 0 aromatic carbocycles. The molecule has 1 aromatic rings. The standard InChI is InChI=1S/C15H23N3O3/c1-4-18-11-13(12(2)17-18)8-9-14(19)16-10-6-5-7-15(20)21-3/h5,7,11H,4,6,8-10H2,1-3H3,(H,16,19)/b7-5+. The van der Waals surface area contributed by atoms with Crippen molar-refractivity contribution in [1.82, 2.24) is 15.1 Å². The van der Waals surface area contributed by atoms with Gasteiger partial charge in [-0.3, -0.25) is 9.48 Å². The van der Waals surface area contributed by atoms with Crippen molar-refractivity contribution in [2.45, 2.75) is 39.7 Å². The van der Waals surface area contributed by atoms with Crippen molar-refractivity contribution in [3.63, 3.8) is 0 Å². The molecule has 0 unspecified atom stereocenters. The molecule has 0 spiro atoms. The quantitative estimate of drug-likeness (QED) is 0.446. The Bertz CT molecular complexity index is 506. The molecule has 0 bridgehead atoms. The molecule has 1 aromatic heterocycles. The van der Waals surface area contributed by atoms with E-state index in [0.29, 0.717) is 25.8 Å². The lowest BCUT2D eigenvalue weighted by molar-refractivity contribution is -0.134. The fourth-order valence-corrected chi connectivity index (χ4v) is 1.85. The highest BCUT2D eigenvalue weighted by Crippen LogP contribution is 2.08. The Kier molecular flexibility index (Phi) is 7.21. The highest BCUT2D eigenvalue weighted by molar-refractivity contribution is 5.81. The van der Waals surface area contributed by atoms with Crippen molar-refractivity contribution >= 4 is 11.9 Å². The van der Waals surface area contributed by atoms with Crippen LogP contribution in [0.1, 0.15) is 31.0 Å². The molecule has 0 radical (unpaired) electrons. The van der Waals surface area contributed by atoms with Gasteiger partial charge in [0.15, 0.2) is 0 Å². The van der Waals surface area contributed by atoms with Gasteiger partial charge in [0.25, 0.3) is 0 Å². The highest BCUT2D eigenvalue weighted by Gasteiger charge is 2.07. The summed E-state index contributed by atoms with van der Waals surface area (Å²) in [4.78, 5) is 22.5. The summed E-state index contributed by atoms with van der Waals surface area (Å²) in [6, 6.07) is 0. The third-order valence-electron chi connectivity index (χ3n) is 3.08. The average molecular weight is 293 g/mol. The molecule has 0 aliphatic heterocycles. The summed E-state index contributed by atoms with van der Waals surface area (Å²) in [5, 5.41) is 7.17. The van der Waals surface area contributed by atoms with E-state index in [0.717, 1.165) is 17.8 Å². The molecule has 1 N–H and O–H groups in total. The van der Waals surface area contributed by atoms with Crippen LogP contribution in [0.5, 0.6) is 0 Å². The van der Waals surface area contributed by atoms with E-state index in [1.807, 2.05) is 24.7 Å². The Balaban J connectivity index is 2.23. The van der Waals surface area contributed by atoms with E-state index < -0.39 is 0 Å². The van der Waals surface area contributed by atoms with Crippen molar-refractivity contribution in [3.8, 4) is 0 Å². The number of carbonyl (C=O) groups is 2. The van der Waals surface area contributed by atoms with Gasteiger partial charge in [-0.2, -0.15) is 5.10 Å². The molecule has 6 heteroatoms. The highest BCUT2D eigenvalue weighted by atomic mass is 16.5. The fraction of sp³-hybridized carbons (Fsp3) is 0.533. The molecular formula is C15H23N3O3. The van der Waals surface area contributed by atoms with Crippen LogP contribution in [0, 0.1) is 6.92 Å². The van der Waals surface area contributed by atoms with E-state index in [1.54, 1.807) is 6.08 Å². The molecule has 0 saturated heterocycles. The summed E-state index contributed by atoms with van der Waals surface area (Å²) in [7, 11) is 1.33.